The standard InChI is InChI=1S/C29H33F6N7O3/c1-5-22-9-23(15-42(22)26(44)45-16-27(2,3)24(36)43)41(25-37-10-18(11-38-25)19-12-39-40(4)14-19)13-17-6-20(28(30,31)32)8-21(7-17)29(33,34)35/h6-8,10-12,14,22-23H,5,9,13,15-16H2,1-4H3,(H2,36,43). The van der Waals surface area contributed by atoms with Crippen molar-refractivity contribution < 1.29 is 40.7 Å². The summed E-state index contributed by atoms with van der Waals surface area (Å²) in [6.07, 6.45) is -3.75. The lowest BCUT2D eigenvalue weighted by Crippen LogP contribution is -2.42. The van der Waals surface area contributed by atoms with Gasteiger partial charge in [-0.2, -0.15) is 31.4 Å². The summed E-state index contributed by atoms with van der Waals surface area (Å²) in [5.74, 6) is -0.627. The second-order valence-electron chi connectivity index (χ2n) is 11.6. The summed E-state index contributed by atoms with van der Waals surface area (Å²) in [4.78, 5) is 36.5. The molecule has 3 heterocycles. The summed E-state index contributed by atoms with van der Waals surface area (Å²) >= 11 is 0. The Kier molecular flexibility index (Phi) is 9.35. The zero-order valence-corrected chi connectivity index (χ0v) is 25.0. The Balaban J connectivity index is 1.70. The van der Waals surface area contributed by atoms with Gasteiger partial charge in [-0.1, -0.05) is 6.92 Å². The minimum absolute atomic E-state index is 0.00709. The number of primary amides is 1. The maximum atomic E-state index is 13.6. The van der Waals surface area contributed by atoms with Crippen LogP contribution in [0, 0.1) is 5.41 Å². The van der Waals surface area contributed by atoms with E-state index in [0.717, 1.165) is 0 Å². The van der Waals surface area contributed by atoms with Crippen LogP contribution in [0.4, 0.5) is 37.1 Å². The summed E-state index contributed by atoms with van der Waals surface area (Å²) < 4.78 is 88.9. The first-order chi connectivity index (χ1) is 20.9. The molecule has 2 aromatic heterocycles. The summed E-state index contributed by atoms with van der Waals surface area (Å²) in [6.45, 7) is 4.17. The van der Waals surface area contributed by atoms with Gasteiger partial charge >= 0.3 is 18.4 Å². The number of alkyl halides is 6. The van der Waals surface area contributed by atoms with Gasteiger partial charge in [0.15, 0.2) is 0 Å². The number of anilines is 1. The van der Waals surface area contributed by atoms with Crippen LogP contribution < -0.4 is 10.6 Å². The number of ether oxygens (including phenoxy) is 1. The lowest BCUT2D eigenvalue weighted by atomic mass is 9.94. The molecule has 2 N–H and O–H groups in total. The number of aromatic nitrogens is 4. The third-order valence-electron chi connectivity index (χ3n) is 7.70. The predicted molar refractivity (Wildman–Crippen MR) is 150 cm³/mol. The second kappa shape index (κ2) is 12.6. The van der Waals surface area contributed by atoms with Crippen molar-refractivity contribution >= 4 is 17.9 Å². The molecule has 2 amide bonds. The maximum Gasteiger partial charge on any atom is 0.416 e. The highest BCUT2D eigenvalue weighted by Crippen LogP contribution is 2.37. The van der Waals surface area contributed by atoms with Crippen LogP contribution in [-0.2, 0) is 35.5 Å². The summed E-state index contributed by atoms with van der Waals surface area (Å²) in [5, 5.41) is 4.10. The molecule has 16 heteroatoms. The minimum atomic E-state index is -5.03. The Labute approximate surface area is 255 Å². The average molecular weight is 642 g/mol. The smallest absolute Gasteiger partial charge is 0.416 e. The highest BCUT2D eigenvalue weighted by atomic mass is 19.4. The molecule has 1 aromatic carbocycles. The molecular weight excluding hydrogens is 608 g/mol. The Hall–Kier alpha value is -4.37. The molecule has 1 aliphatic rings. The molecular formula is C29H33F6N7O3. The van der Waals surface area contributed by atoms with Crippen molar-refractivity contribution in [2.45, 2.75) is 64.6 Å². The van der Waals surface area contributed by atoms with E-state index < -0.39 is 53.5 Å². The first-order valence-corrected chi connectivity index (χ1v) is 14.0. The molecule has 45 heavy (non-hydrogen) atoms. The summed E-state index contributed by atoms with van der Waals surface area (Å²) in [7, 11) is 1.72. The van der Waals surface area contributed by atoms with Gasteiger partial charge in [0, 0.05) is 55.9 Å². The first kappa shape index (κ1) is 33.5. The van der Waals surface area contributed by atoms with E-state index in [1.165, 1.54) is 36.0 Å². The fourth-order valence-electron chi connectivity index (χ4n) is 4.98. The molecule has 0 bridgehead atoms. The van der Waals surface area contributed by atoms with Crippen molar-refractivity contribution in [1.82, 2.24) is 24.6 Å². The molecule has 0 spiro atoms. The van der Waals surface area contributed by atoms with E-state index in [2.05, 4.69) is 15.1 Å². The van der Waals surface area contributed by atoms with Crippen LogP contribution in [-0.4, -0.2) is 61.9 Å². The quantitative estimate of drug-likeness (QED) is 0.310. The van der Waals surface area contributed by atoms with Crippen molar-refractivity contribution in [3.05, 3.63) is 59.7 Å². The van der Waals surface area contributed by atoms with Crippen molar-refractivity contribution in [3.63, 3.8) is 0 Å². The first-order valence-electron chi connectivity index (χ1n) is 14.0. The number of benzene rings is 1. The van der Waals surface area contributed by atoms with Crippen LogP contribution in [0.25, 0.3) is 11.1 Å². The lowest BCUT2D eigenvalue weighted by Gasteiger charge is -2.30. The second-order valence-corrected chi connectivity index (χ2v) is 11.6. The Morgan fingerprint density at radius 3 is 2.09 bits per heavy atom. The Bertz CT molecular complexity index is 1490. The Morgan fingerprint density at radius 1 is 1.00 bits per heavy atom. The van der Waals surface area contributed by atoms with Crippen molar-refractivity contribution in [1.29, 1.82) is 0 Å². The largest absolute Gasteiger partial charge is 0.448 e. The zero-order chi connectivity index (χ0) is 33.3. The van der Waals surface area contributed by atoms with Gasteiger partial charge in [0.1, 0.15) is 6.61 Å². The summed E-state index contributed by atoms with van der Waals surface area (Å²) in [5.41, 5.74) is 2.37. The third kappa shape index (κ3) is 7.84. The number of hydrogen-bond acceptors (Lipinski definition) is 7. The van der Waals surface area contributed by atoms with Crippen molar-refractivity contribution in [2.75, 3.05) is 18.1 Å². The maximum absolute atomic E-state index is 13.6. The number of carbonyl (C=O) groups excluding carboxylic acids is 2. The molecule has 1 saturated heterocycles. The molecule has 0 radical (unpaired) electrons. The fourth-order valence-corrected chi connectivity index (χ4v) is 4.98. The fraction of sp³-hybridized carbons (Fsp3) is 0.483. The molecule has 10 nitrogen and oxygen atoms in total. The topological polar surface area (TPSA) is 119 Å². The van der Waals surface area contributed by atoms with Gasteiger partial charge in [0.05, 0.1) is 28.8 Å². The predicted octanol–water partition coefficient (Wildman–Crippen LogP) is 5.42. The minimum Gasteiger partial charge on any atom is -0.448 e. The molecule has 3 aromatic rings. The summed E-state index contributed by atoms with van der Waals surface area (Å²) in [6, 6.07) is 0.400. The van der Waals surface area contributed by atoms with Crippen LogP contribution >= 0.6 is 0 Å². The molecule has 0 aliphatic carbocycles. The van der Waals surface area contributed by atoms with Gasteiger partial charge < -0.3 is 20.3 Å². The average Bonchev–Trinajstić information content (AvgIpc) is 3.60. The van der Waals surface area contributed by atoms with E-state index in [1.807, 2.05) is 6.92 Å². The van der Waals surface area contributed by atoms with E-state index in [9.17, 15) is 35.9 Å². The van der Waals surface area contributed by atoms with Gasteiger partial charge in [-0.3, -0.25) is 9.48 Å². The third-order valence-corrected chi connectivity index (χ3v) is 7.70. The highest BCUT2D eigenvalue weighted by molar-refractivity contribution is 5.80. The van der Waals surface area contributed by atoms with E-state index >= 15 is 0 Å². The SMILES string of the molecule is CCC1CC(N(Cc2cc(C(F)(F)F)cc(C(F)(F)F)c2)c2ncc(-c3cnn(C)c3)cn2)CN1C(=O)OCC(C)(C)C(N)=O. The van der Waals surface area contributed by atoms with E-state index in [1.54, 1.807) is 24.1 Å². The van der Waals surface area contributed by atoms with Gasteiger partial charge in [-0.15, -0.1) is 0 Å². The van der Waals surface area contributed by atoms with E-state index in [0.29, 0.717) is 36.1 Å². The zero-order valence-electron chi connectivity index (χ0n) is 25.0. The number of aryl methyl sites for hydroxylation is 1. The number of carbonyl (C=O) groups is 2. The monoisotopic (exact) mass is 641 g/mol. The molecule has 2 atom stereocenters. The number of likely N-dealkylation sites (tertiary alicyclic amines) is 1. The molecule has 4 rings (SSSR count). The number of halogens is 6. The van der Waals surface area contributed by atoms with Crippen LogP contribution in [0.3, 0.4) is 0 Å². The number of hydrogen-bond donors (Lipinski definition) is 1. The molecule has 244 valence electrons. The number of nitrogens with two attached hydrogens (primary N) is 1. The van der Waals surface area contributed by atoms with Crippen LogP contribution in [0.5, 0.6) is 0 Å². The van der Waals surface area contributed by atoms with Gasteiger partial charge in [-0.05, 0) is 50.5 Å². The number of rotatable bonds is 9. The molecule has 0 saturated carbocycles. The number of amides is 2. The van der Waals surface area contributed by atoms with E-state index in [4.69, 9.17) is 10.5 Å². The van der Waals surface area contributed by atoms with Gasteiger partial charge in [-0.25, -0.2) is 14.8 Å². The molecule has 1 fully saturated rings. The van der Waals surface area contributed by atoms with Crippen LogP contribution in [0.1, 0.15) is 50.3 Å². The lowest BCUT2D eigenvalue weighted by molar-refractivity contribution is -0.143. The Morgan fingerprint density at radius 2 is 1.60 bits per heavy atom. The van der Waals surface area contributed by atoms with Crippen molar-refractivity contribution in [3.8, 4) is 11.1 Å². The van der Waals surface area contributed by atoms with Gasteiger partial charge in [0.25, 0.3) is 0 Å². The highest BCUT2D eigenvalue weighted by Gasteiger charge is 2.41. The van der Waals surface area contributed by atoms with Gasteiger partial charge in [0.2, 0.25) is 11.9 Å². The number of nitrogens with zero attached hydrogens (tertiary/aromatic N) is 6. The van der Waals surface area contributed by atoms with Crippen LogP contribution in [0.15, 0.2) is 43.0 Å². The molecule has 2 unspecified atom stereocenters. The van der Waals surface area contributed by atoms with Crippen molar-refractivity contribution in [2.24, 2.45) is 18.2 Å². The normalized spacial score (nSPS) is 17.4. The van der Waals surface area contributed by atoms with Crippen LogP contribution in [0.2, 0.25) is 0 Å². The molecule has 1 aliphatic heterocycles. The van der Waals surface area contributed by atoms with E-state index in [-0.39, 0.29) is 36.8 Å².